The van der Waals surface area contributed by atoms with Crippen LogP contribution in [0, 0.1) is 5.92 Å². The van der Waals surface area contributed by atoms with Crippen LogP contribution >= 0.6 is 0 Å². The minimum Gasteiger partial charge on any atom is -0.493 e. The Morgan fingerprint density at radius 1 is 1.10 bits per heavy atom. The number of aromatic nitrogens is 1. The predicted octanol–water partition coefficient (Wildman–Crippen LogP) is 2.77. The van der Waals surface area contributed by atoms with E-state index < -0.39 is 0 Å². The van der Waals surface area contributed by atoms with Crippen LogP contribution in [-0.2, 0) is 0 Å². The summed E-state index contributed by atoms with van der Waals surface area (Å²) in [6, 6.07) is 11.6. The van der Waals surface area contributed by atoms with Crippen molar-refractivity contribution in [2.75, 3.05) is 26.7 Å². The molecule has 0 aliphatic rings. The molecule has 29 heavy (non-hydrogen) atoms. The first-order valence-corrected chi connectivity index (χ1v) is 9.87. The third kappa shape index (κ3) is 7.81. The Labute approximate surface area is 173 Å². The monoisotopic (exact) mass is 397 g/mol. The van der Waals surface area contributed by atoms with Gasteiger partial charge in [0, 0.05) is 32.5 Å². The molecule has 1 atom stereocenters. The van der Waals surface area contributed by atoms with Gasteiger partial charge in [0.25, 0.3) is 5.91 Å². The van der Waals surface area contributed by atoms with Crippen LogP contribution in [0.3, 0.4) is 0 Å². The summed E-state index contributed by atoms with van der Waals surface area (Å²) in [5.41, 5.74) is 1.68. The van der Waals surface area contributed by atoms with Crippen molar-refractivity contribution in [2.45, 2.75) is 26.8 Å². The number of nitrogens with zero attached hydrogens (tertiary/aromatic N) is 2. The molecule has 0 saturated carbocycles. The molecule has 0 aliphatic carbocycles. The second kappa shape index (κ2) is 11.7. The topological polar surface area (TPSA) is 87.6 Å². The second-order valence-corrected chi connectivity index (χ2v) is 7.14. The quantitative estimate of drug-likeness (QED) is 0.344. The third-order valence-corrected chi connectivity index (χ3v) is 4.17. The number of ether oxygens (including phenoxy) is 1. The molecule has 0 fully saturated rings. The molecule has 0 radical (unpaired) electrons. The normalized spacial score (nSPS) is 12.4. The lowest BCUT2D eigenvalue weighted by Crippen LogP contribution is -2.42. The molecule has 2 rings (SSSR count). The standard InChI is InChI=1S/C22H31N5O2/c1-16(2)15-29-20-9-7-18(8-10-20)17(3)27-22(23-4)26-13-12-25-21(28)19-6-5-11-24-14-19/h5-11,14,16-17H,12-13,15H2,1-4H3,(H,25,28)(H2,23,26,27). The maximum atomic E-state index is 12.0. The van der Waals surface area contributed by atoms with Crippen LogP contribution in [0.4, 0.5) is 0 Å². The van der Waals surface area contributed by atoms with E-state index in [1.54, 1.807) is 31.6 Å². The average Bonchev–Trinajstić information content (AvgIpc) is 2.75. The highest BCUT2D eigenvalue weighted by Gasteiger charge is 2.09. The van der Waals surface area contributed by atoms with E-state index in [4.69, 9.17) is 4.74 Å². The number of carbonyl (C=O) groups is 1. The number of amides is 1. The maximum Gasteiger partial charge on any atom is 0.252 e. The van der Waals surface area contributed by atoms with Gasteiger partial charge in [-0.25, -0.2) is 0 Å². The highest BCUT2D eigenvalue weighted by Crippen LogP contribution is 2.18. The van der Waals surface area contributed by atoms with E-state index >= 15 is 0 Å². The Bertz CT molecular complexity index is 776. The first kappa shape index (κ1) is 22.2. The fraction of sp³-hybridized carbons (Fsp3) is 0.409. The van der Waals surface area contributed by atoms with Gasteiger partial charge in [-0.15, -0.1) is 0 Å². The van der Waals surface area contributed by atoms with E-state index in [0.29, 0.717) is 37.1 Å². The smallest absolute Gasteiger partial charge is 0.252 e. The molecule has 1 amide bonds. The molecule has 0 saturated heterocycles. The zero-order valence-corrected chi connectivity index (χ0v) is 17.6. The number of hydrogen-bond donors (Lipinski definition) is 3. The van der Waals surface area contributed by atoms with Crippen LogP contribution in [0.2, 0.25) is 0 Å². The molecule has 156 valence electrons. The van der Waals surface area contributed by atoms with Crippen LogP contribution in [0.25, 0.3) is 0 Å². The highest BCUT2D eigenvalue weighted by atomic mass is 16.5. The zero-order valence-electron chi connectivity index (χ0n) is 17.6. The van der Waals surface area contributed by atoms with Crippen LogP contribution < -0.4 is 20.7 Å². The number of rotatable bonds is 9. The van der Waals surface area contributed by atoms with E-state index in [9.17, 15) is 4.79 Å². The number of guanidine groups is 1. The Hall–Kier alpha value is -3.09. The Morgan fingerprint density at radius 2 is 1.83 bits per heavy atom. The summed E-state index contributed by atoms with van der Waals surface area (Å²) >= 11 is 0. The molecule has 1 unspecified atom stereocenters. The van der Waals surface area contributed by atoms with Crippen molar-refractivity contribution < 1.29 is 9.53 Å². The highest BCUT2D eigenvalue weighted by molar-refractivity contribution is 5.93. The summed E-state index contributed by atoms with van der Waals surface area (Å²) < 4.78 is 5.73. The summed E-state index contributed by atoms with van der Waals surface area (Å²) in [6.07, 6.45) is 3.19. The van der Waals surface area contributed by atoms with Crippen molar-refractivity contribution in [1.82, 2.24) is 20.9 Å². The van der Waals surface area contributed by atoms with Gasteiger partial charge >= 0.3 is 0 Å². The van der Waals surface area contributed by atoms with Crippen LogP contribution in [-0.4, -0.2) is 43.6 Å². The predicted molar refractivity (Wildman–Crippen MR) is 116 cm³/mol. The van der Waals surface area contributed by atoms with Crippen LogP contribution in [0.5, 0.6) is 5.75 Å². The number of benzene rings is 1. The van der Waals surface area contributed by atoms with Gasteiger partial charge in [0.2, 0.25) is 0 Å². The van der Waals surface area contributed by atoms with Gasteiger partial charge in [0.15, 0.2) is 5.96 Å². The van der Waals surface area contributed by atoms with Gasteiger partial charge in [-0.2, -0.15) is 0 Å². The summed E-state index contributed by atoms with van der Waals surface area (Å²) in [4.78, 5) is 20.2. The summed E-state index contributed by atoms with van der Waals surface area (Å²) in [5, 5.41) is 9.40. The SMILES string of the molecule is CN=C(NCCNC(=O)c1cccnc1)NC(C)c1ccc(OCC(C)C)cc1. The Balaban J connectivity index is 1.75. The number of pyridine rings is 1. The Morgan fingerprint density at radius 3 is 2.45 bits per heavy atom. The van der Waals surface area contributed by atoms with Gasteiger partial charge < -0.3 is 20.7 Å². The molecule has 3 N–H and O–H groups in total. The van der Waals surface area contributed by atoms with Gasteiger partial charge in [-0.3, -0.25) is 14.8 Å². The zero-order chi connectivity index (χ0) is 21.1. The van der Waals surface area contributed by atoms with Crippen molar-refractivity contribution >= 4 is 11.9 Å². The maximum absolute atomic E-state index is 12.0. The van der Waals surface area contributed by atoms with Gasteiger partial charge in [0.05, 0.1) is 18.2 Å². The lowest BCUT2D eigenvalue weighted by Gasteiger charge is -2.19. The minimum absolute atomic E-state index is 0.0744. The summed E-state index contributed by atoms with van der Waals surface area (Å²) in [5.74, 6) is 1.91. The van der Waals surface area contributed by atoms with Gasteiger partial charge in [-0.1, -0.05) is 26.0 Å². The minimum atomic E-state index is -0.143. The molecule has 1 aromatic carbocycles. The molecule has 2 aromatic rings. The van der Waals surface area contributed by atoms with Gasteiger partial charge in [0.1, 0.15) is 5.75 Å². The molecule has 7 nitrogen and oxygen atoms in total. The van der Waals surface area contributed by atoms with Crippen molar-refractivity contribution in [3.8, 4) is 5.75 Å². The fourth-order valence-corrected chi connectivity index (χ4v) is 2.55. The third-order valence-electron chi connectivity index (χ3n) is 4.17. The lowest BCUT2D eigenvalue weighted by molar-refractivity contribution is 0.0954. The van der Waals surface area contributed by atoms with E-state index in [1.165, 1.54) is 0 Å². The first-order chi connectivity index (χ1) is 14.0. The molecule has 7 heteroatoms. The number of nitrogens with one attached hydrogen (secondary N) is 3. The number of hydrogen-bond acceptors (Lipinski definition) is 4. The first-order valence-electron chi connectivity index (χ1n) is 9.87. The molecular formula is C22H31N5O2. The lowest BCUT2D eigenvalue weighted by atomic mass is 10.1. The summed E-state index contributed by atoms with van der Waals surface area (Å²) in [7, 11) is 1.72. The van der Waals surface area contributed by atoms with E-state index in [0.717, 1.165) is 11.3 Å². The molecule has 0 bridgehead atoms. The van der Waals surface area contributed by atoms with Gasteiger partial charge in [-0.05, 0) is 42.7 Å². The number of carbonyl (C=O) groups excluding carboxylic acids is 1. The van der Waals surface area contributed by atoms with Crippen LogP contribution in [0.15, 0.2) is 53.8 Å². The van der Waals surface area contributed by atoms with Crippen LogP contribution in [0.1, 0.15) is 42.7 Å². The molecule has 0 aliphatic heterocycles. The second-order valence-electron chi connectivity index (χ2n) is 7.14. The van der Waals surface area contributed by atoms with Crippen molar-refractivity contribution in [3.63, 3.8) is 0 Å². The fourth-order valence-electron chi connectivity index (χ4n) is 2.55. The summed E-state index contributed by atoms with van der Waals surface area (Å²) in [6.45, 7) is 8.07. The van der Waals surface area contributed by atoms with Crippen molar-refractivity contribution in [1.29, 1.82) is 0 Å². The van der Waals surface area contributed by atoms with Crippen molar-refractivity contribution in [3.05, 3.63) is 59.9 Å². The molecular weight excluding hydrogens is 366 g/mol. The van der Waals surface area contributed by atoms with E-state index in [2.05, 4.69) is 58.8 Å². The molecule has 0 spiro atoms. The van der Waals surface area contributed by atoms with E-state index in [-0.39, 0.29) is 11.9 Å². The van der Waals surface area contributed by atoms with E-state index in [1.807, 2.05) is 12.1 Å². The Kier molecular flexibility index (Phi) is 8.95. The number of aliphatic imine (C=N–C) groups is 1. The largest absolute Gasteiger partial charge is 0.493 e. The molecule has 1 aromatic heterocycles. The van der Waals surface area contributed by atoms with Crippen molar-refractivity contribution in [2.24, 2.45) is 10.9 Å². The molecule has 1 heterocycles. The average molecular weight is 398 g/mol.